The maximum atomic E-state index is 12.0. The number of ether oxygens (including phenoxy) is 1. The standard InChI is InChI=1S/C18H22Cl2N3O8P/c19-9-1-2-11(20)10(7-9)12(24)4-6-29-32(28)30-8-13-15(25)16(26)17(31-13)23-5-3-14(21)22-18(23)27/h1-3,5,7,12-13,15-17,24-26,32H,4,6,8H2,(H2,21,22,27)/t12-,13-,15-,16+,17-/m1/s1. The van der Waals surface area contributed by atoms with E-state index in [1.807, 2.05) is 0 Å². The highest BCUT2D eigenvalue weighted by atomic mass is 35.5. The first kappa shape index (κ1) is 25.1. The predicted octanol–water partition coefficient (Wildman–Crippen LogP) is 1.30. The first-order valence-corrected chi connectivity index (χ1v) is 11.4. The fourth-order valence-electron chi connectivity index (χ4n) is 3.09. The molecule has 0 bridgehead atoms. The molecular weight excluding hydrogens is 488 g/mol. The van der Waals surface area contributed by atoms with Crippen LogP contribution < -0.4 is 11.4 Å². The minimum Gasteiger partial charge on any atom is -0.388 e. The van der Waals surface area contributed by atoms with Crippen molar-refractivity contribution < 1.29 is 33.7 Å². The Bertz CT molecular complexity index is 1030. The van der Waals surface area contributed by atoms with Gasteiger partial charge in [0, 0.05) is 28.2 Å². The number of aliphatic hydroxyl groups excluding tert-OH is 3. The molecule has 5 N–H and O–H groups in total. The number of nitrogens with two attached hydrogens (primary N) is 1. The fraction of sp³-hybridized carbons (Fsp3) is 0.444. The molecule has 0 radical (unpaired) electrons. The van der Waals surface area contributed by atoms with Crippen molar-refractivity contribution in [2.24, 2.45) is 0 Å². The number of hydrogen-bond acceptors (Lipinski definition) is 10. The number of aromatic nitrogens is 2. The summed E-state index contributed by atoms with van der Waals surface area (Å²) < 4.78 is 28.6. The van der Waals surface area contributed by atoms with E-state index in [0.29, 0.717) is 15.6 Å². The van der Waals surface area contributed by atoms with Crippen LogP contribution in [0.25, 0.3) is 0 Å². The maximum absolute atomic E-state index is 12.0. The molecule has 1 fully saturated rings. The molecule has 0 spiro atoms. The van der Waals surface area contributed by atoms with E-state index in [2.05, 4.69) is 4.98 Å². The van der Waals surface area contributed by atoms with Gasteiger partial charge in [-0.15, -0.1) is 0 Å². The summed E-state index contributed by atoms with van der Waals surface area (Å²) in [4.78, 5) is 15.5. The molecule has 11 nitrogen and oxygen atoms in total. The topological polar surface area (TPSA) is 166 Å². The lowest BCUT2D eigenvalue weighted by molar-refractivity contribution is -0.0522. The summed E-state index contributed by atoms with van der Waals surface area (Å²) in [6.07, 6.45) is -4.79. The van der Waals surface area contributed by atoms with Crippen molar-refractivity contribution in [3.8, 4) is 0 Å². The van der Waals surface area contributed by atoms with Crippen LogP contribution in [0.3, 0.4) is 0 Å². The van der Waals surface area contributed by atoms with E-state index in [1.165, 1.54) is 18.3 Å². The number of hydrogen-bond donors (Lipinski definition) is 4. The van der Waals surface area contributed by atoms with Crippen molar-refractivity contribution in [1.82, 2.24) is 9.55 Å². The molecule has 0 amide bonds. The molecule has 1 aliphatic rings. The molecule has 0 aliphatic carbocycles. The van der Waals surface area contributed by atoms with Crippen LogP contribution in [0.5, 0.6) is 0 Å². The van der Waals surface area contributed by atoms with E-state index in [1.54, 1.807) is 12.1 Å². The Balaban J connectivity index is 1.47. The smallest absolute Gasteiger partial charge is 0.351 e. The largest absolute Gasteiger partial charge is 0.388 e. The van der Waals surface area contributed by atoms with Crippen molar-refractivity contribution in [3.05, 3.63) is 56.6 Å². The van der Waals surface area contributed by atoms with E-state index in [0.717, 1.165) is 4.57 Å². The Morgan fingerprint density at radius 1 is 1.25 bits per heavy atom. The van der Waals surface area contributed by atoms with E-state index in [-0.39, 0.29) is 25.5 Å². The molecule has 1 aliphatic heterocycles. The van der Waals surface area contributed by atoms with Crippen molar-refractivity contribution in [2.45, 2.75) is 37.1 Å². The average molecular weight is 510 g/mol. The van der Waals surface area contributed by atoms with Gasteiger partial charge in [0.1, 0.15) is 24.1 Å². The van der Waals surface area contributed by atoms with E-state index in [9.17, 15) is 24.7 Å². The predicted molar refractivity (Wildman–Crippen MR) is 116 cm³/mol. The lowest BCUT2D eigenvalue weighted by atomic mass is 10.1. The zero-order chi connectivity index (χ0) is 23.4. The van der Waals surface area contributed by atoms with Crippen LogP contribution in [0.1, 0.15) is 24.3 Å². The van der Waals surface area contributed by atoms with Crippen molar-refractivity contribution in [2.75, 3.05) is 18.9 Å². The van der Waals surface area contributed by atoms with Crippen LogP contribution in [0.15, 0.2) is 35.3 Å². The van der Waals surface area contributed by atoms with Gasteiger partial charge in [0.05, 0.1) is 19.3 Å². The van der Waals surface area contributed by atoms with Gasteiger partial charge in [-0.2, -0.15) is 4.98 Å². The highest BCUT2D eigenvalue weighted by molar-refractivity contribution is 7.33. The van der Waals surface area contributed by atoms with Crippen LogP contribution in [-0.4, -0.2) is 56.4 Å². The molecule has 1 aromatic heterocycles. The molecule has 6 atom stereocenters. The highest BCUT2D eigenvalue weighted by Gasteiger charge is 2.44. The summed E-state index contributed by atoms with van der Waals surface area (Å²) in [6.45, 7) is -0.472. The molecule has 1 saturated heterocycles. The molecule has 3 rings (SSSR count). The van der Waals surface area contributed by atoms with Gasteiger partial charge < -0.3 is 34.8 Å². The molecule has 32 heavy (non-hydrogen) atoms. The second kappa shape index (κ2) is 11.1. The Morgan fingerprint density at radius 3 is 2.72 bits per heavy atom. The van der Waals surface area contributed by atoms with Crippen LogP contribution in [-0.2, 0) is 18.3 Å². The van der Waals surface area contributed by atoms with Gasteiger partial charge in [-0.05, 0) is 24.3 Å². The van der Waals surface area contributed by atoms with Gasteiger partial charge in [0.25, 0.3) is 0 Å². The van der Waals surface area contributed by atoms with Gasteiger partial charge in [-0.1, -0.05) is 23.2 Å². The Labute approximate surface area is 193 Å². The van der Waals surface area contributed by atoms with Crippen molar-refractivity contribution in [3.63, 3.8) is 0 Å². The molecule has 14 heteroatoms. The number of rotatable bonds is 9. The summed E-state index contributed by atoms with van der Waals surface area (Å²) >= 11 is 11.9. The van der Waals surface area contributed by atoms with Crippen LogP contribution in [0.2, 0.25) is 10.0 Å². The SMILES string of the molecule is Nc1ccn([C@@H]2O[C@H](CO[PH](=O)OCC[C@@H](O)c3cc(Cl)ccc3Cl)[C@@H](O)[C@@H]2O)c(=O)n1. The van der Waals surface area contributed by atoms with Gasteiger partial charge in [-0.3, -0.25) is 9.13 Å². The summed E-state index contributed by atoms with van der Waals surface area (Å²) in [5, 5.41) is 31.3. The zero-order valence-electron chi connectivity index (χ0n) is 16.5. The Morgan fingerprint density at radius 2 is 2.00 bits per heavy atom. The van der Waals surface area contributed by atoms with E-state index >= 15 is 0 Å². The third-order valence-electron chi connectivity index (χ3n) is 4.76. The third kappa shape index (κ3) is 6.07. The summed E-state index contributed by atoms with van der Waals surface area (Å²) in [5.74, 6) is -0.00216. The van der Waals surface area contributed by atoms with Crippen molar-refractivity contribution in [1.29, 1.82) is 0 Å². The lowest BCUT2D eigenvalue weighted by Gasteiger charge is -2.17. The Hall–Kier alpha value is -1.53. The molecule has 1 aromatic carbocycles. The maximum Gasteiger partial charge on any atom is 0.351 e. The minimum atomic E-state index is -3.00. The second-order valence-corrected chi connectivity index (χ2v) is 8.89. The van der Waals surface area contributed by atoms with E-state index < -0.39 is 44.6 Å². The molecule has 2 heterocycles. The first-order chi connectivity index (χ1) is 15.2. The van der Waals surface area contributed by atoms with Crippen molar-refractivity contribution >= 4 is 37.3 Å². The number of nitrogens with zero attached hydrogens (tertiary/aromatic N) is 2. The number of anilines is 1. The quantitative estimate of drug-likeness (QED) is 0.361. The summed E-state index contributed by atoms with van der Waals surface area (Å²) in [5.41, 5.74) is 5.08. The zero-order valence-corrected chi connectivity index (χ0v) is 19.0. The third-order valence-corrected chi connectivity index (χ3v) is 6.18. The minimum absolute atomic E-state index is 0.00216. The van der Waals surface area contributed by atoms with E-state index in [4.69, 9.17) is 42.7 Å². The number of halogens is 2. The highest BCUT2D eigenvalue weighted by Crippen LogP contribution is 2.33. The average Bonchev–Trinajstić information content (AvgIpc) is 3.02. The number of nitrogen functional groups attached to an aromatic ring is 1. The van der Waals surface area contributed by atoms with Crippen LogP contribution >= 0.6 is 31.5 Å². The number of aliphatic hydroxyl groups is 3. The summed E-state index contributed by atoms with van der Waals surface area (Å²) in [6, 6.07) is 6.00. The lowest BCUT2D eigenvalue weighted by Crippen LogP contribution is -2.36. The monoisotopic (exact) mass is 509 g/mol. The molecule has 0 saturated carbocycles. The molecule has 2 aromatic rings. The van der Waals surface area contributed by atoms with Gasteiger partial charge in [0.2, 0.25) is 0 Å². The molecule has 176 valence electrons. The fourth-order valence-corrected chi connectivity index (χ4v) is 4.18. The van der Waals surface area contributed by atoms with Gasteiger partial charge in [0.15, 0.2) is 6.23 Å². The van der Waals surface area contributed by atoms with Gasteiger partial charge >= 0.3 is 13.9 Å². The first-order valence-electron chi connectivity index (χ1n) is 9.46. The molecule has 1 unspecified atom stereocenters. The van der Waals surface area contributed by atoms with Crippen LogP contribution in [0.4, 0.5) is 5.82 Å². The molecular formula is C18H22Cl2N3O8P. The number of benzene rings is 1. The van der Waals surface area contributed by atoms with Gasteiger partial charge in [-0.25, -0.2) is 4.79 Å². The second-order valence-electron chi connectivity index (χ2n) is 6.97. The Kier molecular flexibility index (Phi) is 8.68. The summed E-state index contributed by atoms with van der Waals surface area (Å²) in [7, 11) is -3.00. The van der Waals surface area contributed by atoms with Crippen LogP contribution in [0, 0.1) is 0 Å². The normalized spacial score (nSPS) is 25.0.